The maximum Gasteiger partial charge on any atom is 0.0715 e. The van der Waals surface area contributed by atoms with Crippen LogP contribution in [0.25, 0.3) is 0 Å². The molecule has 2 heterocycles. The highest BCUT2D eigenvalue weighted by Crippen LogP contribution is 2.29. The summed E-state index contributed by atoms with van der Waals surface area (Å²) in [7, 11) is 1.96. The van der Waals surface area contributed by atoms with E-state index in [2.05, 4.69) is 52.3 Å². The van der Waals surface area contributed by atoms with Gasteiger partial charge in [-0.1, -0.05) is 0 Å². The maximum absolute atomic E-state index is 5.82. The number of nitrogens with two attached hydrogens (primary N) is 1. The molecular weight excluding hydrogens is 332 g/mol. The Hall–Kier alpha value is -1.18. The third kappa shape index (κ3) is 3.04. The van der Waals surface area contributed by atoms with Crippen molar-refractivity contribution < 1.29 is 0 Å². The number of aryl methyl sites for hydroxylation is 2. The largest absolute Gasteiger partial charge is 0.272 e. The first-order valence-electron chi connectivity index (χ1n) is 7.04. The highest BCUT2D eigenvalue weighted by molar-refractivity contribution is 9.10. The summed E-state index contributed by atoms with van der Waals surface area (Å²) in [6, 6.07) is 0.254. The molecular formula is C14H23BrN6. The fourth-order valence-electron chi connectivity index (χ4n) is 2.64. The highest BCUT2D eigenvalue weighted by atomic mass is 79.9. The molecule has 21 heavy (non-hydrogen) atoms. The fourth-order valence-corrected chi connectivity index (χ4v) is 3.19. The predicted octanol–water partition coefficient (Wildman–Crippen LogP) is 2.32. The van der Waals surface area contributed by atoms with Gasteiger partial charge in [-0.3, -0.25) is 20.6 Å². The molecule has 0 amide bonds. The van der Waals surface area contributed by atoms with Crippen LogP contribution in [0, 0.1) is 13.8 Å². The van der Waals surface area contributed by atoms with Crippen molar-refractivity contribution in [3.63, 3.8) is 0 Å². The first kappa shape index (κ1) is 16.2. The fraction of sp³-hybridized carbons (Fsp3) is 0.571. The molecule has 6 nitrogen and oxygen atoms in total. The van der Waals surface area contributed by atoms with Crippen molar-refractivity contribution in [3.05, 3.63) is 33.3 Å². The Labute approximate surface area is 133 Å². The van der Waals surface area contributed by atoms with Crippen molar-refractivity contribution in [1.82, 2.24) is 25.0 Å². The maximum atomic E-state index is 5.82. The number of halogens is 1. The monoisotopic (exact) mass is 354 g/mol. The topological polar surface area (TPSA) is 73.7 Å². The molecule has 1 unspecified atom stereocenters. The van der Waals surface area contributed by atoms with Crippen molar-refractivity contribution in [2.45, 2.75) is 46.2 Å². The Morgan fingerprint density at radius 1 is 1.38 bits per heavy atom. The molecule has 0 fully saturated rings. The minimum Gasteiger partial charge on any atom is -0.272 e. The van der Waals surface area contributed by atoms with Crippen LogP contribution in [0.5, 0.6) is 0 Å². The van der Waals surface area contributed by atoms with E-state index < -0.39 is 0 Å². The summed E-state index contributed by atoms with van der Waals surface area (Å²) in [4.78, 5) is 0. The van der Waals surface area contributed by atoms with E-state index in [1.807, 2.05) is 29.5 Å². The van der Waals surface area contributed by atoms with E-state index >= 15 is 0 Å². The summed E-state index contributed by atoms with van der Waals surface area (Å²) in [5.74, 6) is 5.82. The second-order valence-corrected chi connectivity index (χ2v) is 6.47. The molecule has 0 saturated heterocycles. The van der Waals surface area contributed by atoms with Crippen LogP contribution in [0.3, 0.4) is 0 Å². The van der Waals surface area contributed by atoms with Crippen molar-refractivity contribution in [2.75, 3.05) is 0 Å². The second kappa shape index (κ2) is 6.29. The van der Waals surface area contributed by atoms with Gasteiger partial charge >= 0.3 is 0 Å². The summed E-state index contributed by atoms with van der Waals surface area (Å²) in [5.41, 5.74) is 7.43. The standard InChI is InChI=1S/C14H23BrN6/c1-8(2)21-14(12(15)7-17-21)13(18-16)6-11-9(3)19-20(5)10(11)4/h7-8,13,18H,6,16H2,1-5H3. The van der Waals surface area contributed by atoms with Gasteiger partial charge in [-0.15, -0.1) is 0 Å². The van der Waals surface area contributed by atoms with Gasteiger partial charge in [0.25, 0.3) is 0 Å². The lowest BCUT2D eigenvalue weighted by Crippen LogP contribution is -2.32. The number of nitrogens with zero attached hydrogens (tertiary/aromatic N) is 4. The van der Waals surface area contributed by atoms with Crippen LogP contribution in [0.1, 0.15) is 48.6 Å². The summed E-state index contributed by atoms with van der Waals surface area (Å²) in [6.45, 7) is 8.33. The molecule has 0 aliphatic heterocycles. The third-order valence-corrected chi connectivity index (χ3v) is 4.49. The highest BCUT2D eigenvalue weighted by Gasteiger charge is 2.23. The average Bonchev–Trinajstić information content (AvgIpc) is 2.91. The first-order chi connectivity index (χ1) is 9.86. The van der Waals surface area contributed by atoms with Gasteiger partial charge < -0.3 is 0 Å². The molecule has 3 N–H and O–H groups in total. The van der Waals surface area contributed by atoms with Gasteiger partial charge in [-0.25, -0.2) is 0 Å². The van der Waals surface area contributed by atoms with E-state index in [0.717, 1.165) is 22.3 Å². The minimum atomic E-state index is -0.0223. The molecule has 0 spiro atoms. The lowest BCUT2D eigenvalue weighted by molar-refractivity contribution is 0.446. The molecule has 0 aromatic carbocycles. The van der Waals surface area contributed by atoms with E-state index in [-0.39, 0.29) is 12.1 Å². The lowest BCUT2D eigenvalue weighted by Gasteiger charge is -2.20. The molecule has 116 valence electrons. The van der Waals surface area contributed by atoms with Crippen molar-refractivity contribution in [2.24, 2.45) is 12.9 Å². The van der Waals surface area contributed by atoms with E-state index in [0.29, 0.717) is 0 Å². The number of aromatic nitrogens is 4. The van der Waals surface area contributed by atoms with Crippen molar-refractivity contribution >= 4 is 15.9 Å². The predicted molar refractivity (Wildman–Crippen MR) is 86.8 cm³/mol. The second-order valence-electron chi connectivity index (χ2n) is 5.61. The molecule has 0 bridgehead atoms. The summed E-state index contributed by atoms with van der Waals surface area (Å²) in [5, 5.41) is 8.90. The summed E-state index contributed by atoms with van der Waals surface area (Å²) >= 11 is 3.58. The van der Waals surface area contributed by atoms with Gasteiger partial charge in [0.15, 0.2) is 0 Å². The Morgan fingerprint density at radius 3 is 2.52 bits per heavy atom. The van der Waals surface area contributed by atoms with E-state index in [4.69, 9.17) is 5.84 Å². The molecule has 0 saturated carbocycles. The Balaban J connectivity index is 2.39. The zero-order chi connectivity index (χ0) is 15.7. The number of hydrogen-bond acceptors (Lipinski definition) is 4. The number of rotatable bonds is 5. The third-order valence-electron chi connectivity index (χ3n) is 3.87. The van der Waals surface area contributed by atoms with Crippen LogP contribution < -0.4 is 11.3 Å². The quantitative estimate of drug-likeness (QED) is 0.638. The van der Waals surface area contributed by atoms with Gasteiger partial charge in [0.2, 0.25) is 0 Å². The SMILES string of the molecule is Cc1nn(C)c(C)c1CC(NN)c1c(Br)cnn1C(C)C. The van der Waals surface area contributed by atoms with Gasteiger partial charge in [-0.05, 0) is 55.6 Å². The molecule has 2 aromatic heterocycles. The Bertz CT molecular complexity index is 628. The van der Waals surface area contributed by atoms with Crippen LogP contribution in [0.4, 0.5) is 0 Å². The summed E-state index contributed by atoms with van der Waals surface area (Å²) < 4.78 is 4.88. The number of hydrazine groups is 1. The van der Waals surface area contributed by atoms with E-state index in [1.54, 1.807) is 0 Å². The lowest BCUT2D eigenvalue weighted by atomic mass is 10.0. The Kier molecular flexibility index (Phi) is 4.85. The van der Waals surface area contributed by atoms with Crippen LogP contribution in [0.15, 0.2) is 10.7 Å². The van der Waals surface area contributed by atoms with E-state index in [9.17, 15) is 0 Å². The normalized spacial score (nSPS) is 13.1. The van der Waals surface area contributed by atoms with Crippen molar-refractivity contribution in [1.29, 1.82) is 0 Å². The van der Waals surface area contributed by atoms with Crippen LogP contribution in [-0.4, -0.2) is 19.6 Å². The zero-order valence-electron chi connectivity index (χ0n) is 13.2. The van der Waals surface area contributed by atoms with Gasteiger partial charge in [-0.2, -0.15) is 10.2 Å². The molecule has 1 atom stereocenters. The van der Waals surface area contributed by atoms with E-state index in [1.165, 1.54) is 11.3 Å². The zero-order valence-corrected chi connectivity index (χ0v) is 14.8. The van der Waals surface area contributed by atoms with Gasteiger partial charge in [0.1, 0.15) is 0 Å². The van der Waals surface area contributed by atoms with Crippen molar-refractivity contribution in [3.8, 4) is 0 Å². The molecule has 0 radical (unpaired) electrons. The van der Waals surface area contributed by atoms with Gasteiger partial charge in [0, 0.05) is 18.8 Å². The minimum absolute atomic E-state index is 0.0223. The van der Waals surface area contributed by atoms with Crippen LogP contribution in [-0.2, 0) is 13.5 Å². The average molecular weight is 355 g/mol. The number of hydrogen-bond donors (Lipinski definition) is 2. The smallest absolute Gasteiger partial charge is 0.0715 e. The van der Waals surface area contributed by atoms with Crippen LogP contribution in [0.2, 0.25) is 0 Å². The molecule has 0 aliphatic carbocycles. The molecule has 2 rings (SSSR count). The Morgan fingerprint density at radius 2 is 2.05 bits per heavy atom. The summed E-state index contributed by atoms with van der Waals surface area (Å²) in [6.07, 6.45) is 2.60. The number of nitrogens with one attached hydrogen (secondary N) is 1. The molecule has 7 heteroatoms. The molecule has 0 aliphatic rings. The molecule has 2 aromatic rings. The van der Waals surface area contributed by atoms with Gasteiger partial charge in [0.05, 0.1) is 28.1 Å². The first-order valence-corrected chi connectivity index (χ1v) is 7.84. The van der Waals surface area contributed by atoms with Crippen LogP contribution >= 0.6 is 15.9 Å².